The van der Waals surface area contributed by atoms with E-state index < -0.39 is 17.6 Å². The summed E-state index contributed by atoms with van der Waals surface area (Å²) in [5.41, 5.74) is 3.65. The van der Waals surface area contributed by atoms with Crippen molar-refractivity contribution in [3.05, 3.63) is 77.1 Å². The first-order valence-corrected chi connectivity index (χ1v) is 25.4. The normalized spacial score (nSPS) is 23.4. The van der Waals surface area contributed by atoms with Gasteiger partial charge in [0.15, 0.2) is 5.82 Å². The molecule has 70 heavy (non-hydrogen) atoms. The quantitative estimate of drug-likeness (QED) is 0.141. The van der Waals surface area contributed by atoms with Gasteiger partial charge >= 0.3 is 6.01 Å². The minimum Gasteiger partial charge on any atom is -0.508 e. The van der Waals surface area contributed by atoms with E-state index in [2.05, 4.69) is 50.2 Å². The van der Waals surface area contributed by atoms with E-state index >= 15 is 4.39 Å². The summed E-state index contributed by atoms with van der Waals surface area (Å²) >= 11 is 0. The van der Waals surface area contributed by atoms with Gasteiger partial charge < -0.3 is 24.5 Å². The van der Waals surface area contributed by atoms with Gasteiger partial charge in [0.25, 0.3) is 0 Å². The Labute approximate surface area is 405 Å². The van der Waals surface area contributed by atoms with Crippen LogP contribution in [-0.4, -0.2) is 109 Å². The van der Waals surface area contributed by atoms with Gasteiger partial charge in [-0.2, -0.15) is 15.1 Å². The molecule has 11 rings (SSSR count). The summed E-state index contributed by atoms with van der Waals surface area (Å²) < 4.78 is 40.2. The molecule has 4 saturated heterocycles. The number of aromatic nitrogens is 5. The number of nitrogens with one attached hydrogen (secondary N) is 1. The van der Waals surface area contributed by atoms with Crippen molar-refractivity contribution in [3.8, 4) is 23.0 Å². The predicted octanol–water partition coefficient (Wildman–Crippen LogP) is 8.59. The molecule has 3 aromatic heterocycles. The molecule has 3 aromatic carbocycles. The van der Waals surface area contributed by atoms with Gasteiger partial charge in [-0.15, -0.1) is 0 Å². The van der Waals surface area contributed by atoms with Crippen LogP contribution in [0.5, 0.6) is 11.8 Å². The van der Waals surface area contributed by atoms with E-state index in [-0.39, 0.29) is 58.3 Å². The van der Waals surface area contributed by atoms with Crippen molar-refractivity contribution >= 4 is 56.1 Å². The molecule has 0 spiro atoms. The number of hydrogen-bond acceptors (Lipinski definition) is 11. The van der Waals surface area contributed by atoms with Gasteiger partial charge in [0.05, 0.1) is 22.5 Å². The molecule has 366 valence electrons. The Balaban J connectivity index is 0.715. The number of rotatable bonds is 8. The SMILES string of the molecule is Cc1c(F)ccc2cc(O)cc(-c3ncc4c(N5CCC[C@H](C)C5)nc(OC5CCN(C(=O)C6CCC(N7CCC(c8ccc9c(C%10CCC(=O)NC%10=O)nn(C)c9c8)CC7)CC6)CC5)nc4c3F)c12. The van der Waals surface area contributed by atoms with Crippen LogP contribution >= 0.6 is 0 Å². The number of ether oxygens (including phenoxy) is 1. The zero-order valence-corrected chi connectivity index (χ0v) is 40.2. The Morgan fingerprint density at radius 2 is 1.66 bits per heavy atom. The van der Waals surface area contributed by atoms with E-state index in [4.69, 9.17) is 14.8 Å². The second-order valence-electron chi connectivity index (χ2n) is 20.7. The number of aryl methyl sites for hydroxylation is 2. The lowest BCUT2D eigenvalue weighted by molar-refractivity contribution is -0.139. The standard InChI is InChI=1S/C54H61F2N9O5/c1-30-5-4-20-65(29-30)51-42-28-57-49(41-27-37(66)25-35-9-14-43(55)31(2)46(35)41)47(56)50(42)59-54(60-51)70-38-18-23-64(24-19-38)53(69)33-6-10-36(11-7-33)63-21-16-32(17-22-63)34-8-12-39-44(26-34)62(3)61-48(39)40-13-15-45(67)58-52(40)68/h8-9,12,14,25-28,30,32-33,36,38,40,66H,4-7,10-11,13,15-24,29H2,1-3H3,(H,58,67,68)/t30-,33?,36?,40?/m0/s1. The van der Waals surface area contributed by atoms with E-state index in [9.17, 15) is 23.9 Å². The molecule has 4 aliphatic heterocycles. The number of imide groups is 1. The summed E-state index contributed by atoms with van der Waals surface area (Å²) in [4.78, 5) is 59.3. The highest BCUT2D eigenvalue weighted by Gasteiger charge is 2.36. The van der Waals surface area contributed by atoms with Crippen molar-refractivity contribution in [2.75, 3.05) is 44.2 Å². The Hall–Kier alpha value is -6.29. The van der Waals surface area contributed by atoms with Crippen LogP contribution in [0.3, 0.4) is 0 Å². The fourth-order valence-electron chi connectivity index (χ4n) is 12.3. The zero-order chi connectivity index (χ0) is 48.4. The Morgan fingerprint density at radius 1 is 0.871 bits per heavy atom. The highest BCUT2D eigenvalue weighted by molar-refractivity contribution is 6.03. The Bertz CT molecular complexity index is 3030. The Kier molecular flexibility index (Phi) is 12.4. The summed E-state index contributed by atoms with van der Waals surface area (Å²) in [6.07, 6.45) is 11.3. The number of benzene rings is 3. The van der Waals surface area contributed by atoms with Gasteiger partial charge in [0.1, 0.15) is 34.7 Å². The lowest BCUT2D eigenvalue weighted by Gasteiger charge is -2.42. The third kappa shape index (κ3) is 8.70. The van der Waals surface area contributed by atoms with Crippen LogP contribution < -0.4 is 15.0 Å². The van der Waals surface area contributed by atoms with E-state index in [1.165, 1.54) is 23.8 Å². The number of carbonyl (C=O) groups is 3. The monoisotopic (exact) mass is 953 g/mol. The smallest absolute Gasteiger partial charge is 0.319 e. The van der Waals surface area contributed by atoms with Crippen LogP contribution in [0.1, 0.15) is 113 Å². The third-order valence-corrected chi connectivity index (χ3v) is 16.2. The van der Waals surface area contributed by atoms with Crippen LogP contribution in [0.15, 0.2) is 48.7 Å². The number of pyridine rings is 1. The van der Waals surface area contributed by atoms with Gasteiger partial charge in [-0.1, -0.05) is 25.1 Å². The molecule has 7 heterocycles. The van der Waals surface area contributed by atoms with Crippen molar-refractivity contribution in [2.45, 2.75) is 115 Å². The summed E-state index contributed by atoms with van der Waals surface area (Å²) in [7, 11) is 1.92. The lowest BCUT2D eigenvalue weighted by atomic mass is 9.82. The van der Waals surface area contributed by atoms with Crippen molar-refractivity contribution in [1.82, 2.24) is 39.8 Å². The number of anilines is 1. The second-order valence-corrected chi connectivity index (χ2v) is 20.7. The van der Waals surface area contributed by atoms with Gasteiger partial charge in [0.2, 0.25) is 17.7 Å². The number of likely N-dealkylation sites (tertiary alicyclic amines) is 2. The molecule has 16 heteroatoms. The van der Waals surface area contributed by atoms with Crippen molar-refractivity contribution in [2.24, 2.45) is 18.9 Å². The molecular weight excluding hydrogens is 893 g/mol. The zero-order valence-electron chi connectivity index (χ0n) is 40.2. The molecule has 0 bridgehead atoms. The summed E-state index contributed by atoms with van der Waals surface area (Å²) in [5, 5.41) is 20.3. The van der Waals surface area contributed by atoms with Gasteiger partial charge in [-0.25, -0.2) is 8.78 Å². The number of piperidine rings is 4. The largest absolute Gasteiger partial charge is 0.508 e. The lowest BCUT2D eigenvalue weighted by Crippen LogP contribution is -2.47. The minimum atomic E-state index is -0.699. The maximum atomic E-state index is 17.0. The van der Waals surface area contributed by atoms with E-state index in [1.54, 1.807) is 19.2 Å². The number of carbonyl (C=O) groups excluding carboxylic acids is 3. The highest BCUT2D eigenvalue weighted by atomic mass is 19.1. The first kappa shape index (κ1) is 46.1. The Morgan fingerprint density at radius 3 is 2.41 bits per heavy atom. The first-order valence-electron chi connectivity index (χ1n) is 25.4. The van der Waals surface area contributed by atoms with Crippen LogP contribution in [0, 0.1) is 30.4 Å². The van der Waals surface area contributed by atoms with Crippen molar-refractivity contribution in [1.29, 1.82) is 0 Å². The van der Waals surface area contributed by atoms with Crippen LogP contribution in [0.4, 0.5) is 14.6 Å². The van der Waals surface area contributed by atoms with Gasteiger partial charge in [-0.05, 0) is 136 Å². The van der Waals surface area contributed by atoms with Crippen LogP contribution in [0.25, 0.3) is 43.8 Å². The average Bonchev–Trinajstić information content (AvgIpc) is 3.69. The number of amides is 3. The molecule has 3 amide bonds. The van der Waals surface area contributed by atoms with Crippen molar-refractivity contribution in [3.63, 3.8) is 0 Å². The van der Waals surface area contributed by atoms with Crippen molar-refractivity contribution < 1.29 is 33.0 Å². The molecule has 5 fully saturated rings. The fraction of sp³-hybridized carbons (Fsp3) is 0.500. The number of aromatic hydroxyl groups is 1. The summed E-state index contributed by atoms with van der Waals surface area (Å²) in [5.74, 6) is -0.482. The number of nitrogens with zero attached hydrogens (tertiary/aromatic N) is 8. The molecule has 1 aliphatic carbocycles. The average molecular weight is 954 g/mol. The molecule has 2 atom stereocenters. The molecule has 2 N–H and O–H groups in total. The topological polar surface area (TPSA) is 159 Å². The number of phenolic OH excluding ortho intramolecular Hbond substituents is 1. The first-order chi connectivity index (χ1) is 33.9. The maximum Gasteiger partial charge on any atom is 0.319 e. The van der Waals surface area contributed by atoms with E-state index in [0.29, 0.717) is 84.2 Å². The summed E-state index contributed by atoms with van der Waals surface area (Å²) in [6.45, 7) is 8.49. The molecular formula is C54H61F2N9O5. The number of halogens is 2. The third-order valence-electron chi connectivity index (χ3n) is 16.2. The number of fused-ring (bicyclic) bond motifs is 3. The molecule has 5 aliphatic rings. The molecule has 14 nitrogen and oxygen atoms in total. The molecule has 6 aromatic rings. The van der Waals surface area contributed by atoms with Crippen LogP contribution in [0.2, 0.25) is 0 Å². The summed E-state index contributed by atoms with van der Waals surface area (Å²) in [6, 6.07) is 12.9. The van der Waals surface area contributed by atoms with E-state index in [0.717, 1.165) is 94.1 Å². The van der Waals surface area contributed by atoms with E-state index in [1.807, 2.05) is 16.6 Å². The molecule has 1 saturated carbocycles. The van der Waals surface area contributed by atoms with Crippen LogP contribution in [-0.2, 0) is 21.4 Å². The highest BCUT2D eigenvalue weighted by Crippen LogP contribution is 2.41. The van der Waals surface area contributed by atoms with Gasteiger partial charge in [-0.3, -0.25) is 29.4 Å². The fourth-order valence-corrected chi connectivity index (χ4v) is 12.3. The second kappa shape index (κ2) is 18.8. The molecule has 1 unspecified atom stereocenters. The number of phenols is 1. The molecule has 0 radical (unpaired) electrons. The minimum absolute atomic E-state index is 0.00923. The maximum absolute atomic E-state index is 17.0. The van der Waals surface area contributed by atoms with Gasteiger partial charge in [0, 0.05) is 81.6 Å². The predicted molar refractivity (Wildman–Crippen MR) is 263 cm³/mol. The number of hydrogen-bond donors (Lipinski definition) is 2.